The lowest BCUT2D eigenvalue weighted by atomic mass is 9.60. The van der Waals surface area contributed by atoms with Crippen LogP contribution < -0.4 is 5.32 Å². The number of rotatable bonds is 6. The van der Waals surface area contributed by atoms with E-state index >= 15 is 0 Å². The van der Waals surface area contributed by atoms with Crippen LogP contribution in [0.3, 0.4) is 0 Å². The van der Waals surface area contributed by atoms with Crippen LogP contribution in [0.1, 0.15) is 43.6 Å². The van der Waals surface area contributed by atoms with E-state index in [0.717, 1.165) is 25.4 Å². The Bertz CT molecular complexity index is 555. The molecule has 1 aliphatic heterocycles. The highest BCUT2D eigenvalue weighted by molar-refractivity contribution is 5.78. The number of amides is 1. The molecule has 5 atom stereocenters. The first-order valence-corrected chi connectivity index (χ1v) is 9.36. The van der Waals surface area contributed by atoms with Crippen molar-refractivity contribution in [3.05, 3.63) is 35.9 Å². The number of hydrogen-bond donors (Lipinski definition) is 1. The van der Waals surface area contributed by atoms with Crippen molar-refractivity contribution in [3.63, 3.8) is 0 Å². The van der Waals surface area contributed by atoms with Crippen molar-refractivity contribution in [2.45, 2.75) is 50.2 Å². The predicted molar refractivity (Wildman–Crippen MR) is 91.7 cm³/mol. The van der Waals surface area contributed by atoms with Crippen molar-refractivity contribution in [2.75, 3.05) is 19.8 Å². The number of fused-ring (bicyclic) bond motifs is 1. The van der Waals surface area contributed by atoms with Crippen molar-refractivity contribution in [2.24, 2.45) is 11.8 Å². The van der Waals surface area contributed by atoms with Gasteiger partial charge in [-0.25, -0.2) is 0 Å². The SMILES string of the molecule is O=C(COC[C@@H]1CCCO1)N[C@@H]1[C@@H]2CCC[C@H]2[C@@H]1c1ccccc1. The summed E-state index contributed by atoms with van der Waals surface area (Å²) in [5.74, 6) is 1.88. The lowest BCUT2D eigenvalue weighted by Crippen LogP contribution is -2.57. The molecule has 0 unspecified atom stereocenters. The van der Waals surface area contributed by atoms with E-state index in [2.05, 4.69) is 35.6 Å². The second-order valence-electron chi connectivity index (χ2n) is 7.44. The van der Waals surface area contributed by atoms with Crippen LogP contribution >= 0.6 is 0 Å². The van der Waals surface area contributed by atoms with E-state index in [0.29, 0.717) is 18.4 Å². The Morgan fingerprint density at radius 3 is 2.75 bits per heavy atom. The molecule has 24 heavy (non-hydrogen) atoms. The summed E-state index contributed by atoms with van der Waals surface area (Å²) in [6, 6.07) is 10.9. The molecule has 3 aliphatic rings. The van der Waals surface area contributed by atoms with Crippen LogP contribution in [0.2, 0.25) is 0 Å². The number of carbonyl (C=O) groups excluding carboxylic acids is 1. The van der Waals surface area contributed by atoms with E-state index in [4.69, 9.17) is 9.47 Å². The predicted octanol–water partition coefficient (Wildman–Crippen LogP) is 2.88. The zero-order chi connectivity index (χ0) is 16.4. The number of carbonyl (C=O) groups is 1. The highest BCUT2D eigenvalue weighted by Crippen LogP contribution is 2.55. The van der Waals surface area contributed by atoms with Crippen LogP contribution in [0.5, 0.6) is 0 Å². The Morgan fingerprint density at radius 2 is 1.96 bits per heavy atom. The summed E-state index contributed by atoms with van der Waals surface area (Å²) in [5, 5.41) is 3.26. The molecule has 3 fully saturated rings. The van der Waals surface area contributed by atoms with E-state index in [1.54, 1.807) is 0 Å². The van der Waals surface area contributed by atoms with E-state index in [9.17, 15) is 4.79 Å². The van der Waals surface area contributed by atoms with E-state index in [1.807, 2.05) is 0 Å². The summed E-state index contributed by atoms with van der Waals surface area (Å²) in [6.45, 7) is 1.51. The summed E-state index contributed by atoms with van der Waals surface area (Å²) in [6.07, 6.45) is 6.16. The van der Waals surface area contributed by atoms with Gasteiger partial charge in [0.05, 0.1) is 12.7 Å². The minimum Gasteiger partial charge on any atom is -0.376 e. The standard InChI is InChI=1S/C20H27NO3/c22-18(13-23-12-15-8-5-11-24-15)21-20-17-10-4-9-16(17)19(20)14-6-2-1-3-7-14/h1-3,6-7,15-17,19-20H,4-5,8-13H2,(H,21,22)/t15-,16+,17+,19-,20+/m0/s1. The molecule has 2 saturated carbocycles. The molecular weight excluding hydrogens is 302 g/mol. The average molecular weight is 329 g/mol. The van der Waals surface area contributed by atoms with Gasteiger partial charge in [-0.3, -0.25) is 4.79 Å². The van der Waals surface area contributed by atoms with Gasteiger partial charge in [0.1, 0.15) is 6.61 Å². The molecular formula is C20H27NO3. The monoisotopic (exact) mass is 329 g/mol. The first-order chi connectivity index (χ1) is 11.8. The van der Waals surface area contributed by atoms with Crippen LogP contribution in [-0.4, -0.2) is 37.9 Å². The Morgan fingerprint density at radius 1 is 1.12 bits per heavy atom. The lowest BCUT2D eigenvalue weighted by Gasteiger charge is -2.49. The maximum absolute atomic E-state index is 12.3. The molecule has 4 nitrogen and oxygen atoms in total. The van der Waals surface area contributed by atoms with Gasteiger partial charge in [-0.05, 0) is 43.1 Å². The smallest absolute Gasteiger partial charge is 0.246 e. The van der Waals surface area contributed by atoms with Crippen LogP contribution in [-0.2, 0) is 14.3 Å². The Kier molecular flexibility index (Phi) is 4.86. The second kappa shape index (κ2) is 7.24. The summed E-state index contributed by atoms with van der Waals surface area (Å²) in [5.41, 5.74) is 1.37. The van der Waals surface area contributed by atoms with Crippen molar-refractivity contribution in [1.29, 1.82) is 0 Å². The summed E-state index contributed by atoms with van der Waals surface area (Å²) >= 11 is 0. The molecule has 1 amide bonds. The van der Waals surface area contributed by atoms with Crippen LogP contribution in [0.25, 0.3) is 0 Å². The molecule has 0 aromatic heterocycles. The average Bonchev–Trinajstić information content (AvgIpc) is 3.24. The summed E-state index contributed by atoms with van der Waals surface area (Å²) in [4.78, 5) is 12.3. The minimum absolute atomic E-state index is 0.0179. The maximum atomic E-state index is 12.3. The van der Waals surface area contributed by atoms with Gasteiger partial charge in [-0.2, -0.15) is 0 Å². The molecule has 130 valence electrons. The van der Waals surface area contributed by atoms with Crippen LogP contribution in [0, 0.1) is 11.8 Å². The first kappa shape index (κ1) is 16.1. The quantitative estimate of drug-likeness (QED) is 0.873. The molecule has 4 rings (SSSR count). The molecule has 1 heterocycles. The first-order valence-electron chi connectivity index (χ1n) is 9.36. The Labute approximate surface area is 143 Å². The Balaban J connectivity index is 1.31. The van der Waals surface area contributed by atoms with Gasteiger partial charge in [0.15, 0.2) is 0 Å². The fraction of sp³-hybridized carbons (Fsp3) is 0.650. The normalized spacial score (nSPS) is 34.6. The maximum Gasteiger partial charge on any atom is 0.246 e. The molecule has 0 radical (unpaired) electrons. The van der Waals surface area contributed by atoms with Gasteiger partial charge in [-0.15, -0.1) is 0 Å². The molecule has 1 saturated heterocycles. The number of hydrogen-bond acceptors (Lipinski definition) is 3. The molecule has 1 N–H and O–H groups in total. The highest BCUT2D eigenvalue weighted by atomic mass is 16.5. The molecule has 2 aliphatic carbocycles. The molecule has 1 aromatic rings. The number of nitrogens with one attached hydrogen (secondary N) is 1. The summed E-state index contributed by atoms with van der Waals surface area (Å²) < 4.78 is 11.1. The minimum atomic E-state index is 0.0179. The third-order valence-corrected chi connectivity index (χ3v) is 6.01. The number of benzene rings is 1. The van der Waals surface area contributed by atoms with Crippen molar-refractivity contribution in [1.82, 2.24) is 5.32 Å². The zero-order valence-electron chi connectivity index (χ0n) is 14.2. The van der Waals surface area contributed by atoms with Crippen molar-refractivity contribution >= 4 is 5.91 Å². The van der Waals surface area contributed by atoms with Gasteiger partial charge in [-0.1, -0.05) is 36.8 Å². The summed E-state index contributed by atoms with van der Waals surface area (Å²) in [7, 11) is 0. The van der Waals surface area contributed by atoms with Gasteiger partial charge >= 0.3 is 0 Å². The van der Waals surface area contributed by atoms with Crippen LogP contribution in [0.4, 0.5) is 0 Å². The van der Waals surface area contributed by atoms with E-state index < -0.39 is 0 Å². The topological polar surface area (TPSA) is 47.6 Å². The largest absolute Gasteiger partial charge is 0.376 e. The molecule has 0 bridgehead atoms. The van der Waals surface area contributed by atoms with Crippen molar-refractivity contribution < 1.29 is 14.3 Å². The second-order valence-corrected chi connectivity index (χ2v) is 7.44. The molecule has 0 spiro atoms. The third-order valence-electron chi connectivity index (χ3n) is 6.01. The zero-order valence-corrected chi connectivity index (χ0v) is 14.2. The fourth-order valence-corrected chi connectivity index (χ4v) is 4.91. The molecule has 1 aromatic carbocycles. The third kappa shape index (κ3) is 3.22. The molecule has 4 heteroatoms. The number of ether oxygens (including phenoxy) is 2. The van der Waals surface area contributed by atoms with Gasteiger partial charge in [0.2, 0.25) is 5.91 Å². The van der Waals surface area contributed by atoms with E-state index in [-0.39, 0.29) is 24.7 Å². The lowest BCUT2D eigenvalue weighted by molar-refractivity contribution is -0.129. The highest BCUT2D eigenvalue weighted by Gasteiger charge is 2.53. The van der Waals surface area contributed by atoms with E-state index in [1.165, 1.54) is 24.8 Å². The van der Waals surface area contributed by atoms with Crippen molar-refractivity contribution in [3.8, 4) is 0 Å². The van der Waals surface area contributed by atoms with Gasteiger partial charge < -0.3 is 14.8 Å². The van der Waals surface area contributed by atoms with Gasteiger partial charge in [0.25, 0.3) is 0 Å². The van der Waals surface area contributed by atoms with Gasteiger partial charge in [0, 0.05) is 18.6 Å². The van der Waals surface area contributed by atoms with Crippen LogP contribution in [0.15, 0.2) is 30.3 Å². The Hall–Kier alpha value is -1.39. The fourth-order valence-electron chi connectivity index (χ4n) is 4.91.